The Morgan fingerprint density at radius 1 is 1.26 bits per heavy atom. The zero-order valence-electron chi connectivity index (χ0n) is 19.2. The van der Waals surface area contributed by atoms with E-state index in [4.69, 9.17) is 16.2 Å². The summed E-state index contributed by atoms with van der Waals surface area (Å²) in [6.07, 6.45) is 10.8. The first-order valence-corrected chi connectivity index (χ1v) is 11.1. The number of nitrogens with zero attached hydrogens (tertiary/aromatic N) is 2. The van der Waals surface area contributed by atoms with Gasteiger partial charge in [0, 0.05) is 25.5 Å². The first-order chi connectivity index (χ1) is 16.4. The van der Waals surface area contributed by atoms with Gasteiger partial charge in [0.15, 0.2) is 11.6 Å². The number of aromatic nitrogens is 2. The molecule has 0 radical (unpaired) electrons. The molecule has 0 spiro atoms. The van der Waals surface area contributed by atoms with Gasteiger partial charge in [0.1, 0.15) is 11.4 Å². The van der Waals surface area contributed by atoms with Gasteiger partial charge in [-0.25, -0.2) is 9.37 Å². The van der Waals surface area contributed by atoms with Crippen LogP contribution in [0, 0.1) is 12.7 Å². The first kappa shape index (κ1) is 23.3. The number of hydrogen-bond donors (Lipinski definition) is 3. The van der Waals surface area contributed by atoms with Crippen LogP contribution in [0.2, 0.25) is 0 Å². The molecule has 7 nitrogen and oxygen atoms in total. The first-order valence-electron chi connectivity index (χ1n) is 11.1. The maximum atomic E-state index is 14.9. The molecular formula is C26H28FN5O2. The quantitative estimate of drug-likeness (QED) is 0.495. The minimum absolute atomic E-state index is 0.0923. The molecule has 1 aromatic carbocycles. The van der Waals surface area contributed by atoms with Gasteiger partial charge in [-0.3, -0.25) is 4.79 Å². The van der Waals surface area contributed by atoms with Crippen LogP contribution < -0.4 is 16.2 Å². The van der Waals surface area contributed by atoms with E-state index in [2.05, 4.69) is 9.97 Å². The number of pyridine rings is 1. The predicted octanol–water partition coefficient (Wildman–Crippen LogP) is 3.86. The lowest BCUT2D eigenvalue weighted by molar-refractivity contribution is -0.131. The van der Waals surface area contributed by atoms with Crippen molar-refractivity contribution in [2.24, 2.45) is 11.5 Å². The monoisotopic (exact) mass is 461 g/mol. The fourth-order valence-corrected chi connectivity index (χ4v) is 4.18. The number of allylic oxidation sites excluding steroid dienone is 1. The molecule has 0 aliphatic carbocycles. The SMILES string of the molecule is C/C=C\C1=C(/C=C\N)CN(C(=O)C(N)Cc2ccc(Oc3ccnc4[nH]cc(C)c34)c(F)c2)C1. The summed E-state index contributed by atoms with van der Waals surface area (Å²) in [5, 5.41) is 0.805. The molecule has 2 aromatic heterocycles. The average Bonchev–Trinajstić information content (AvgIpc) is 3.40. The average molecular weight is 462 g/mol. The molecular weight excluding hydrogens is 433 g/mol. The summed E-state index contributed by atoms with van der Waals surface area (Å²) in [7, 11) is 0. The van der Waals surface area contributed by atoms with Gasteiger partial charge in [-0.1, -0.05) is 18.2 Å². The van der Waals surface area contributed by atoms with Crippen LogP contribution in [0.15, 0.2) is 72.2 Å². The van der Waals surface area contributed by atoms with Crippen LogP contribution >= 0.6 is 0 Å². The zero-order chi connectivity index (χ0) is 24.2. The van der Waals surface area contributed by atoms with Gasteiger partial charge in [-0.2, -0.15) is 0 Å². The molecule has 5 N–H and O–H groups in total. The van der Waals surface area contributed by atoms with Crippen LogP contribution in [-0.4, -0.2) is 39.9 Å². The van der Waals surface area contributed by atoms with Gasteiger partial charge in [0.25, 0.3) is 0 Å². The van der Waals surface area contributed by atoms with Crippen molar-refractivity contribution in [3.05, 3.63) is 89.2 Å². The van der Waals surface area contributed by atoms with E-state index in [0.29, 0.717) is 30.0 Å². The second-order valence-electron chi connectivity index (χ2n) is 8.29. The third-order valence-electron chi connectivity index (χ3n) is 5.83. The highest BCUT2D eigenvalue weighted by Crippen LogP contribution is 2.32. The van der Waals surface area contributed by atoms with E-state index >= 15 is 0 Å². The summed E-state index contributed by atoms with van der Waals surface area (Å²) >= 11 is 0. The Balaban J connectivity index is 1.44. The van der Waals surface area contributed by atoms with Gasteiger partial charge in [0.05, 0.1) is 11.4 Å². The number of ether oxygens (including phenoxy) is 1. The smallest absolute Gasteiger partial charge is 0.240 e. The Hall–Kier alpha value is -3.91. The standard InChI is InChI=1S/C26H28FN5O2/c1-3-4-18-14-32(15-19(18)7-9-28)26(33)21(29)12-17-5-6-22(20(27)11-17)34-23-8-10-30-25-24(23)16(2)13-31-25/h3-11,13,21H,12,14-15,28-29H2,1-2H3,(H,30,31)/b4-3-,9-7-. The van der Waals surface area contributed by atoms with E-state index in [1.807, 2.05) is 32.2 Å². The van der Waals surface area contributed by atoms with E-state index in [-0.39, 0.29) is 18.1 Å². The number of hydrogen-bond acceptors (Lipinski definition) is 5. The number of carbonyl (C=O) groups excluding carboxylic acids is 1. The topological polar surface area (TPSA) is 110 Å². The van der Waals surface area contributed by atoms with E-state index in [9.17, 15) is 9.18 Å². The maximum absolute atomic E-state index is 14.9. The normalized spacial score (nSPS) is 15.2. The van der Waals surface area contributed by atoms with Crippen LogP contribution in [0.25, 0.3) is 11.0 Å². The molecule has 1 amide bonds. The van der Waals surface area contributed by atoms with Crippen LogP contribution in [0.1, 0.15) is 18.1 Å². The van der Waals surface area contributed by atoms with Gasteiger partial charge in [0.2, 0.25) is 5.91 Å². The number of rotatable bonds is 7. The number of aromatic amines is 1. The number of H-pyrrole nitrogens is 1. The fraction of sp³-hybridized carbons (Fsp3) is 0.231. The van der Waals surface area contributed by atoms with Gasteiger partial charge in [-0.05, 0) is 73.0 Å². The van der Waals surface area contributed by atoms with E-state index in [0.717, 1.165) is 22.1 Å². The third-order valence-corrected chi connectivity index (χ3v) is 5.83. The Labute approximate surface area is 197 Å². The van der Waals surface area contributed by atoms with Crippen LogP contribution in [0.5, 0.6) is 11.5 Å². The van der Waals surface area contributed by atoms with Crippen molar-refractivity contribution in [2.45, 2.75) is 26.3 Å². The number of carbonyl (C=O) groups is 1. The summed E-state index contributed by atoms with van der Waals surface area (Å²) in [6, 6.07) is 5.56. The van der Waals surface area contributed by atoms with E-state index in [1.54, 1.807) is 35.4 Å². The molecule has 1 unspecified atom stereocenters. The van der Waals surface area contributed by atoms with Gasteiger partial charge >= 0.3 is 0 Å². The second kappa shape index (κ2) is 9.93. The lowest BCUT2D eigenvalue weighted by Gasteiger charge is -2.21. The molecule has 8 heteroatoms. The molecule has 34 heavy (non-hydrogen) atoms. The van der Waals surface area contributed by atoms with Crippen LogP contribution in [0.4, 0.5) is 4.39 Å². The molecule has 1 aliphatic heterocycles. The highest BCUT2D eigenvalue weighted by atomic mass is 19.1. The van der Waals surface area contributed by atoms with Crippen molar-refractivity contribution in [2.75, 3.05) is 13.1 Å². The molecule has 3 aromatic rings. The van der Waals surface area contributed by atoms with Crippen molar-refractivity contribution in [1.82, 2.24) is 14.9 Å². The summed E-state index contributed by atoms with van der Waals surface area (Å²) in [5.41, 5.74) is 16.0. The van der Waals surface area contributed by atoms with Crippen LogP contribution in [0.3, 0.4) is 0 Å². The van der Waals surface area contributed by atoms with Crippen molar-refractivity contribution >= 4 is 16.9 Å². The molecule has 0 saturated heterocycles. The number of fused-ring (bicyclic) bond motifs is 1. The highest BCUT2D eigenvalue weighted by Gasteiger charge is 2.27. The molecule has 3 heterocycles. The Kier molecular flexibility index (Phi) is 6.79. The molecule has 0 saturated carbocycles. The molecule has 1 atom stereocenters. The minimum Gasteiger partial charge on any atom is -0.453 e. The predicted molar refractivity (Wildman–Crippen MR) is 131 cm³/mol. The Morgan fingerprint density at radius 2 is 2.03 bits per heavy atom. The molecule has 176 valence electrons. The number of aryl methyl sites for hydroxylation is 1. The molecule has 4 rings (SSSR count). The van der Waals surface area contributed by atoms with Gasteiger partial charge < -0.3 is 26.1 Å². The number of benzene rings is 1. The Morgan fingerprint density at radius 3 is 2.74 bits per heavy atom. The lowest BCUT2D eigenvalue weighted by atomic mass is 10.0. The fourth-order valence-electron chi connectivity index (χ4n) is 4.18. The number of amides is 1. The third kappa shape index (κ3) is 4.72. The van der Waals surface area contributed by atoms with E-state index < -0.39 is 11.9 Å². The summed E-state index contributed by atoms with van der Waals surface area (Å²) in [5.74, 6) is -0.105. The number of nitrogens with two attached hydrogens (primary N) is 2. The minimum atomic E-state index is -0.790. The van der Waals surface area contributed by atoms with Crippen molar-refractivity contribution < 1.29 is 13.9 Å². The summed E-state index contributed by atoms with van der Waals surface area (Å²) in [6.45, 7) is 4.76. The molecule has 0 bridgehead atoms. The summed E-state index contributed by atoms with van der Waals surface area (Å²) in [4.78, 5) is 22.0. The highest BCUT2D eigenvalue weighted by molar-refractivity contribution is 5.86. The van der Waals surface area contributed by atoms with Gasteiger partial charge in [-0.15, -0.1) is 0 Å². The maximum Gasteiger partial charge on any atom is 0.240 e. The second-order valence-corrected chi connectivity index (χ2v) is 8.29. The number of halogens is 1. The van der Waals surface area contributed by atoms with Crippen molar-refractivity contribution in [1.29, 1.82) is 0 Å². The zero-order valence-corrected chi connectivity index (χ0v) is 19.2. The molecule has 0 fully saturated rings. The number of nitrogens with one attached hydrogen (secondary N) is 1. The Bertz CT molecular complexity index is 1280. The van der Waals surface area contributed by atoms with Crippen molar-refractivity contribution in [3.63, 3.8) is 0 Å². The van der Waals surface area contributed by atoms with E-state index in [1.165, 1.54) is 12.3 Å². The largest absolute Gasteiger partial charge is 0.453 e. The lowest BCUT2D eigenvalue weighted by Crippen LogP contribution is -2.44. The summed E-state index contributed by atoms with van der Waals surface area (Å²) < 4.78 is 20.7. The van der Waals surface area contributed by atoms with Crippen LogP contribution in [-0.2, 0) is 11.2 Å². The van der Waals surface area contributed by atoms with Crippen molar-refractivity contribution in [3.8, 4) is 11.5 Å². The molecule has 1 aliphatic rings.